The number of carbonyl (C=O) groups is 1. The molecule has 23 heavy (non-hydrogen) atoms. The molecule has 0 aromatic heterocycles. The molecule has 0 spiro atoms. The Morgan fingerprint density at radius 3 is 2.17 bits per heavy atom. The molecule has 0 aliphatic rings. The Balaban J connectivity index is 2.08. The number of nitrogens with one attached hydrogen (secondary N) is 1. The van der Waals surface area contributed by atoms with Crippen LogP contribution in [0, 0.1) is 0 Å². The molecule has 2 aromatic rings. The van der Waals surface area contributed by atoms with Crippen LogP contribution in [0.1, 0.15) is 5.56 Å². The van der Waals surface area contributed by atoms with E-state index in [9.17, 15) is 4.79 Å². The molecule has 0 saturated carbocycles. The second-order valence-electron chi connectivity index (χ2n) is 4.70. The molecule has 0 bridgehead atoms. The van der Waals surface area contributed by atoms with Gasteiger partial charge in [0.25, 0.3) is 0 Å². The molecule has 0 aliphatic carbocycles. The summed E-state index contributed by atoms with van der Waals surface area (Å²) in [5, 5.41) is 2.78. The van der Waals surface area contributed by atoms with Gasteiger partial charge in [-0.25, -0.2) is 0 Å². The second kappa shape index (κ2) is 7.89. The van der Waals surface area contributed by atoms with Gasteiger partial charge in [-0.2, -0.15) is 0 Å². The third kappa shape index (κ3) is 4.78. The normalized spacial score (nSPS) is 10.4. The van der Waals surface area contributed by atoms with Crippen molar-refractivity contribution in [2.75, 3.05) is 26.6 Å². The number of benzene rings is 2. The van der Waals surface area contributed by atoms with Crippen molar-refractivity contribution in [2.24, 2.45) is 0 Å². The predicted molar refractivity (Wildman–Crippen MR) is 90.2 cm³/mol. The molecule has 0 aliphatic heterocycles. The molecular formula is C18H19NO4. The van der Waals surface area contributed by atoms with Crippen LogP contribution in [0.15, 0.2) is 48.5 Å². The molecule has 0 unspecified atom stereocenters. The average Bonchev–Trinajstić information content (AvgIpc) is 2.59. The van der Waals surface area contributed by atoms with Crippen molar-refractivity contribution >= 4 is 17.7 Å². The summed E-state index contributed by atoms with van der Waals surface area (Å²) in [7, 11) is 4.74. The molecule has 5 nitrogen and oxygen atoms in total. The molecule has 0 saturated heterocycles. The highest BCUT2D eigenvalue weighted by atomic mass is 16.5. The lowest BCUT2D eigenvalue weighted by Gasteiger charge is -2.06. The summed E-state index contributed by atoms with van der Waals surface area (Å²) in [4.78, 5) is 12.0. The summed E-state index contributed by atoms with van der Waals surface area (Å²) in [6.07, 6.45) is 3.15. The Morgan fingerprint density at radius 1 is 0.913 bits per heavy atom. The number of ether oxygens (including phenoxy) is 3. The molecule has 0 atom stereocenters. The van der Waals surface area contributed by atoms with Gasteiger partial charge in [0.15, 0.2) is 0 Å². The fraction of sp³-hybridized carbons (Fsp3) is 0.167. The lowest BCUT2D eigenvalue weighted by Crippen LogP contribution is -2.07. The van der Waals surface area contributed by atoms with Crippen LogP contribution < -0.4 is 19.5 Å². The van der Waals surface area contributed by atoms with Crippen LogP contribution in [0.3, 0.4) is 0 Å². The monoisotopic (exact) mass is 313 g/mol. The van der Waals surface area contributed by atoms with Crippen molar-refractivity contribution in [3.05, 3.63) is 54.1 Å². The number of methoxy groups -OCH3 is 3. The van der Waals surface area contributed by atoms with Crippen molar-refractivity contribution in [3.63, 3.8) is 0 Å². The van der Waals surface area contributed by atoms with E-state index in [-0.39, 0.29) is 5.91 Å². The summed E-state index contributed by atoms with van der Waals surface area (Å²) in [6, 6.07) is 12.6. The summed E-state index contributed by atoms with van der Waals surface area (Å²) < 4.78 is 15.5. The number of rotatable bonds is 6. The Hall–Kier alpha value is -2.95. The third-order valence-electron chi connectivity index (χ3n) is 3.14. The highest BCUT2D eigenvalue weighted by Gasteiger charge is 2.02. The molecule has 0 fully saturated rings. The van der Waals surface area contributed by atoms with Crippen molar-refractivity contribution in [1.82, 2.24) is 0 Å². The Labute approximate surface area is 135 Å². The van der Waals surface area contributed by atoms with E-state index in [0.717, 1.165) is 5.56 Å². The van der Waals surface area contributed by atoms with E-state index in [2.05, 4.69) is 5.32 Å². The molecule has 120 valence electrons. The highest BCUT2D eigenvalue weighted by Crippen LogP contribution is 2.23. The first-order chi connectivity index (χ1) is 11.1. The zero-order valence-electron chi connectivity index (χ0n) is 13.3. The van der Waals surface area contributed by atoms with Gasteiger partial charge in [-0.3, -0.25) is 4.79 Å². The van der Waals surface area contributed by atoms with Crippen molar-refractivity contribution in [1.29, 1.82) is 0 Å². The van der Waals surface area contributed by atoms with E-state index < -0.39 is 0 Å². The lowest BCUT2D eigenvalue weighted by atomic mass is 10.2. The fourth-order valence-electron chi connectivity index (χ4n) is 1.98. The quantitative estimate of drug-likeness (QED) is 0.831. The van der Waals surface area contributed by atoms with Crippen LogP contribution >= 0.6 is 0 Å². The van der Waals surface area contributed by atoms with Gasteiger partial charge >= 0.3 is 0 Å². The second-order valence-corrected chi connectivity index (χ2v) is 4.70. The molecule has 0 heterocycles. The van der Waals surface area contributed by atoms with E-state index in [1.165, 1.54) is 6.08 Å². The number of hydrogen-bond acceptors (Lipinski definition) is 4. The topological polar surface area (TPSA) is 56.8 Å². The van der Waals surface area contributed by atoms with E-state index in [0.29, 0.717) is 22.9 Å². The van der Waals surface area contributed by atoms with Crippen LogP contribution in [0.4, 0.5) is 5.69 Å². The van der Waals surface area contributed by atoms with Crippen LogP contribution in [0.2, 0.25) is 0 Å². The number of amides is 1. The number of anilines is 1. The third-order valence-corrected chi connectivity index (χ3v) is 3.14. The summed E-state index contributed by atoms with van der Waals surface area (Å²) in [5.41, 5.74) is 1.48. The maximum Gasteiger partial charge on any atom is 0.248 e. The van der Waals surface area contributed by atoms with Gasteiger partial charge < -0.3 is 19.5 Å². The van der Waals surface area contributed by atoms with Crippen LogP contribution in [-0.2, 0) is 4.79 Å². The SMILES string of the molecule is COc1cccc(NC(=O)/C=C/c2cc(OC)cc(OC)c2)c1. The molecule has 2 rings (SSSR count). The summed E-state index contributed by atoms with van der Waals surface area (Å²) in [5.74, 6) is 1.78. The van der Waals surface area contributed by atoms with E-state index in [4.69, 9.17) is 14.2 Å². The first-order valence-corrected chi connectivity index (χ1v) is 7.01. The Morgan fingerprint density at radius 2 is 1.57 bits per heavy atom. The van der Waals surface area contributed by atoms with Crippen LogP contribution in [0.5, 0.6) is 17.2 Å². The zero-order chi connectivity index (χ0) is 16.7. The minimum absolute atomic E-state index is 0.236. The van der Waals surface area contributed by atoms with Crippen LogP contribution in [0.25, 0.3) is 6.08 Å². The first kappa shape index (κ1) is 16.4. The van der Waals surface area contributed by atoms with Crippen molar-refractivity contribution in [3.8, 4) is 17.2 Å². The number of hydrogen-bond donors (Lipinski definition) is 1. The van der Waals surface area contributed by atoms with Gasteiger partial charge in [-0.1, -0.05) is 6.07 Å². The van der Waals surface area contributed by atoms with Gasteiger partial charge in [-0.05, 0) is 35.9 Å². The van der Waals surface area contributed by atoms with Crippen molar-refractivity contribution < 1.29 is 19.0 Å². The van der Waals surface area contributed by atoms with Crippen molar-refractivity contribution in [2.45, 2.75) is 0 Å². The van der Waals surface area contributed by atoms with Gasteiger partial charge in [0.05, 0.1) is 21.3 Å². The molecule has 2 aromatic carbocycles. The fourth-order valence-corrected chi connectivity index (χ4v) is 1.98. The van der Waals surface area contributed by atoms with Gasteiger partial charge in [0.2, 0.25) is 5.91 Å². The smallest absolute Gasteiger partial charge is 0.248 e. The minimum atomic E-state index is -0.236. The van der Waals surface area contributed by atoms with E-state index in [1.807, 2.05) is 24.3 Å². The zero-order valence-corrected chi connectivity index (χ0v) is 13.3. The molecule has 1 N–H and O–H groups in total. The van der Waals surface area contributed by atoms with Crippen LogP contribution in [-0.4, -0.2) is 27.2 Å². The first-order valence-electron chi connectivity index (χ1n) is 7.01. The Kier molecular flexibility index (Phi) is 5.63. The maximum atomic E-state index is 12.0. The number of carbonyl (C=O) groups excluding carboxylic acids is 1. The van der Waals surface area contributed by atoms with E-state index in [1.54, 1.807) is 45.6 Å². The maximum absolute atomic E-state index is 12.0. The highest BCUT2D eigenvalue weighted by molar-refractivity contribution is 6.02. The largest absolute Gasteiger partial charge is 0.497 e. The molecule has 5 heteroatoms. The molecular weight excluding hydrogens is 294 g/mol. The average molecular weight is 313 g/mol. The molecule has 1 amide bonds. The van der Waals surface area contributed by atoms with Gasteiger partial charge in [0, 0.05) is 23.9 Å². The Bertz CT molecular complexity index is 688. The van der Waals surface area contributed by atoms with Gasteiger partial charge in [-0.15, -0.1) is 0 Å². The molecule has 0 radical (unpaired) electrons. The standard InChI is InChI=1S/C18H19NO4/c1-21-15-6-4-5-14(11-15)19-18(20)8-7-13-9-16(22-2)12-17(10-13)23-3/h4-12H,1-3H3,(H,19,20)/b8-7+. The minimum Gasteiger partial charge on any atom is -0.497 e. The van der Waals surface area contributed by atoms with Gasteiger partial charge in [0.1, 0.15) is 17.2 Å². The summed E-state index contributed by atoms with van der Waals surface area (Å²) in [6.45, 7) is 0. The predicted octanol–water partition coefficient (Wildman–Crippen LogP) is 3.36. The lowest BCUT2D eigenvalue weighted by molar-refractivity contribution is -0.111. The summed E-state index contributed by atoms with van der Waals surface area (Å²) >= 11 is 0. The van der Waals surface area contributed by atoms with E-state index >= 15 is 0 Å².